The Kier molecular flexibility index (Phi) is 4.03. The highest BCUT2D eigenvalue weighted by atomic mass is 35.5. The van der Waals surface area contributed by atoms with E-state index in [9.17, 15) is 12.8 Å². The maximum Gasteiger partial charge on any atom is 0.243 e. The summed E-state index contributed by atoms with van der Waals surface area (Å²) in [6.07, 6.45) is 1.50. The molecule has 2 heterocycles. The Morgan fingerprint density at radius 2 is 2.00 bits per heavy atom. The number of ether oxygens (including phenoxy) is 1. The van der Waals surface area contributed by atoms with Crippen LogP contribution in [-0.2, 0) is 16.6 Å². The fourth-order valence-electron chi connectivity index (χ4n) is 2.18. The zero-order chi connectivity index (χ0) is 15.7. The number of nitrogens with zero attached hydrogens (tertiary/aromatic N) is 2. The van der Waals surface area contributed by atoms with Crippen LogP contribution in [0.25, 0.3) is 0 Å². The monoisotopic (exact) mass is 342 g/mol. The van der Waals surface area contributed by atoms with Gasteiger partial charge in [0, 0.05) is 30.9 Å². The lowest BCUT2D eigenvalue weighted by Crippen LogP contribution is -2.32. The van der Waals surface area contributed by atoms with Crippen molar-refractivity contribution in [3.8, 4) is 5.75 Å². The number of hydrogen-bond acceptors (Lipinski definition) is 4. The SMILES string of the molecule is O=S(=O)(c1ccc(F)cc1)N1CCOc2cc(Cl)ncc2C1. The van der Waals surface area contributed by atoms with Crippen LogP contribution >= 0.6 is 11.6 Å². The zero-order valence-corrected chi connectivity index (χ0v) is 12.9. The summed E-state index contributed by atoms with van der Waals surface area (Å²) in [5, 5.41) is 0.286. The molecule has 1 aromatic heterocycles. The summed E-state index contributed by atoms with van der Waals surface area (Å²) in [7, 11) is -3.73. The Morgan fingerprint density at radius 1 is 1.27 bits per heavy atom. The third-order valence-electron chi connectivity index (χ3n) is 3.31. The van der Waals surface area contributed by atoms with Crippen molar-refractivity contribution in [3.05, 3.63) is 53.1 Å². The Morgan fingerprint density at radius 3 is 2.73 bits per heavy atom. The fraction of sp³-hybridized carbons (Fsp3) is 0.214. The summed E-state index contributed by atoms with van der Waals surface area (Å²) < 4.78 is 45.0. The number of pyridine rings is 1. The Labute approximate surface area is 132 Å². The minimum Gasteiger partial charge on any atom is -0.492 e. The van der Waals surface area contributed by atoms with Crippen LogP contribution in [0.5, 0.6) is 5.75 Å². The molecule has 0 aliphatic carbocycles. The fourth-order valence-corrected chi connectivity index (χ4v) is 3.73. The summed E-state index contributed by atoms with van der Waals surface area (Å²) in [5.41, 5.74) is 0.632. The van der Waals surface area contributed by atoms with E-state index in [0.29, 0.717) is 11.3 Å². The van der Waals surface area contributed by atoms with Crippen molar-refractivity contribution in [2.24, 2.45) is 0 Å². The molecular weight excluding hydrogens is 331 g/mol. The minimum absolute atomic E-state index is 0.0410. The van der Waals surface area contributed by atoms with Gasteiger partial charge in [0.05, 0.1) is 4.90 Å². The van der Waals surface area contributed by atoms with E-state index in [-0.39, 0.29) is 29.7 Å². The second-order valence-corrected chi connectivity index (χ2v) is 7.08. The molecule has 0 radical (unpaired) electrons. The van der Waals surface area contributed by atoms with Gasteiger partial charge in [-0.25, -0.2) is 17.8 Å². The molecule has 2 aromatic rings. The summed E-state index contributed by atoms with van der Waals surface area (Å²) in [6, 6.07) is 6.30. The average molecular weight is 343 g/mol. The van der Waals surface area contributed by atoms with E-state index in [1.165, 1.54) is 22.6 Å². The number of fused-ring (bicyclic) bond motifs is 1. The number of rotatable bonds is 2. The molecule has 0 unspecified atom stereocenters. The Bertz CT molecular complexity index is 796. The lowest BCUT2D eigenvalue weighted by atomic mass is 10.2. The third-order valence-corrected chi connectivity index (χ3v) is 5.37. The van der Waals surface area contributed by atoms with Gasteiger partial charge in [0.25, 0.3) is 0 Å². The molecule has 3 rings (SSSR count). The number of aromatic nitrogens is 1. The minimum atomic E-state index is -3.73. The molecule has 0 saturated heterocycles. The van der Waals surface area contributed by atoms with Gasteiger partial charge in [0.15, 0.2) is 0 Å². The van der Waals surface area contributed by atoms with E-state index in [4.69, 9.17) is 16.3 Å². The maximum atomic E-state index is 13.0. The van der Waals surface area contributed by atoms with Crippen LogP contribution in [0.3, 0.4) is 0 Å². The molecule has 0 atom stereocenters. The molecule has 0 spiro atoms. The first-order chi connectivity index (χ1) is 10.5. The number of benzene rings is 1. The molecule has 22 heavy (non-hydrogen) atoms. The summed E-state index contributed by atoms with van der Waals surface area (Å²) in [4.78, 5) is 3.99. The highest BCUT2D eigenvalue weighted by molar-refractivity contribution is 7.89. The lowest BCUT2D eigenvalue weighted by Gasteiger charge is -2.19. The summed E-state index contributed by atoms with van der Waals surface area (Å²) in [6.45, 7) is 0.513. The molecule has 5 nitrogen and oxygen atoms in total. The van der Waals surface area contributed by atoms with Gasteiger partial charge >= 0.3 is 0 Å². The zero-order valence-electron chi connectivity index (χ0n) is 11.4. The first kappa shape index (κ1) is 15.2. The number of hydrogen-bond donors (Lipinski definition) is 0. The summed E-state index contributed by atoms with van der Waals surface area (Å²) >= 11 is 5.81. The quantitative estimate of drug-likeness (QED) is 0.787. The van der Waals surface area contributed by atoms with Gasteiger partial charge in [-0.3, -0.25) is 0 Å². The topological polar surface area (TPSA) is 59.5 Å². The summed E-state index contributed by atoms with van der Waals surface area (Å²) in [5.74, 6) is 0.0409. The largest absolute Gasteiger partial charge is 0.492 e. The van der Waals surface area contributed by atoms with Crippen LogP contribution in [-0.4, -0.2) is 30.9 Å². The number of halogens is 2. The van der Waals surface area contributed by atoms with Crippen molar-refractivity contribution in [1.82, 2.24) is 9.29 Å². The Hall–Kier alpha value is -1.70. The second-order valence-electron chi connectivity index (χ2n) is 4.76. The molecule has 1 aliphatic rings. The van der Waals surface area contributed by atoms with Gasteiger partial charge in [-0.15, -0.1) is 0 Å². The standard InChI is InChI=1S/C14H12ClFN2O3S/c15-14-7-13-10(8-17-14)9-18(5-6-21-13)22(19,20)12-3-1-11(16)2-4-12/h1-4,7-8H,5-6,9H2. The van der Waals surface area contributed by atoms with Crippen LogP contribution in [0.2, 0.25) is 5.15 Å². The maximum absolute atomic E-state index is 13.0. The van der Waals surface area contributed by atoms with E-state index in [1.807, 2.05) is 0 Å². The van der Waals surface area contributed by atoms with Crippen LogP contribution in [0.4, 0.5) is 4.39 Å². The molecule has 0 saturated carbocycles. The smallest absolute Gasteiger partial charge is 0.243 e. The van der Waals surface area contributed by atoms with E-state index >= 15 is 0 Å². The van der Waals surface area contributed by atoms with Crippen molar-refractivity contribution >= 4 is 21.6 Å². The third kappa shape index (κ3) is 2.92. The molecule has 1 aliphatic heterocycles. The van der Waals surface area contributed by atoms with Gasteiger partial charge in [0.1, 0.15) is 23.3 Å². The van der Waals surface area contributed by atoms with Crippen molar-refractivity contribution in [1.29, 1.82) is 0 Å². The van der Waals surface area contributed by atoms with E-state index in [0.717, 1.165) is 12.1 Å². The van der Waals surface area contributed by atoms with Gasteiger partial charge in [-0.05, 0) is 24.3 Å². The van der Waals surface area contributed by atoms with Gasteiger partial charge < -0.3 is 4.74 Å². The van der Waals surface area contributed by atoms with Crippen molar-refractivity contribution in [2.45, 2.75) is 11.4 Å². The average Bonchev–Trinajstić information content (AvgIpc) is 2.70. The molecule has 0 N–H and O–H groups in total. The lowest BCUT2D eigenvalue weighted by molar-refractivity contribution is 0.293. The van der Waals surface area contributed by atoms with E-state index in [1.54, 1.807) is 6.07 Å². The highest BCUT2D eigenvalue weighted by Gasteiger charge is 2.28. The second kappa shape index (κ2) is 5.83. The molecule has 0 amide bonds. The molecule has 116 valence electrons. The first-order valence-corrected chi connectivity index (χ1v) is 8.31. The first-order valence-electron chi connectivity index (χ1n) is 6.50. The van der Waals surface area contributed by atoms with Gasteiger partial charge in [-0.1, -0.05) is 11.6 Å². The molecule has 8 heteroatoms. The normalized spacial score (nSPS) is 15.7. The Balaban J connectivity index is 1.94. The van der Waals surface area contributed by atoms with Crippen LogP contribution < -0.4 is 4.74 Å². The van der Waals surface area contributed by atoms with Crippen LogP contribution in [0.15, 0.2) is 41.4 Å². The van der Waals surface area contributed by atoms with Crippen LogP contribution in [0.1, 0.15) is 5.56 Å². The number of sulfonamides is 1. The van der Waals surface area contributed by atoms with Crippen molar-refractivity contribution in [3.63, 3.8) is 0 Å². The van der Waals surface area contributed by atoms with E-state index < -0.39 is 15.8 Å². The van der Waals surface area contributed by atoms with Gasteiger partial charge in [-0.2, -0.15) is 4.31 Å². The van der Waals surface area contributed by atoms with E-state index in [2.05, 4.69) is 4.98 Å². The predicted octanol–water partition coefficient (Wildman–Crippen LogP) is 2.46. The van der Waals surface area contributed by atoms with Gasteiger partial charge in [0.2, 0.25) is 10.0 Å². The predicted molar refractivity (Wildman–Crippen MR) is 78.7 cm³/mol. The van der Waals surface area contributed by atoms with Crippen molar-refractivity contribution in [2.75, 3.05) is 13.2 Å². The molecule has 1 aromatic carbocycles. The van der Waals surface area contributed by atoms with Crippen LogP contribution in [0, 0.1) is 5.82 Å². The molecule has 0 bridgehead atoms. The van der Waals surface area contributed by atoms with Crippen molar-refractivity contribution < 1.29 is 17.5 Å². The molecule has 0 fully saturated rings. The highest BCUT2D eigenvalue weighted by Crippen LogP contribution is 2.27. The molecular formula is C14H12ClFN2O3S.